The molecule has 0 aliphatic heterocycles. The predicted octanol–water partition coefficient (Wildman–Crippen LogP) is 2.90. The molecule has 0 fully saturated rings. The second-order valence-corrected chi connectivity index (χ2v) is 7.64. The van der Waals surface area contributed by atoms with E-state index in [1.54, 1.807) is 12.1 Å². The van der Waals surface area contributed by atoms with Gasteiger partial charge in [-0.15, -0.1) is 0 Å². The first-order valence-corrected chi connectivity index (χ1v) is 9.12. The minimum absolute atomic E-state index is 0.115. The molecule has 2 rings (SSSR count). The molecule has 116 valence electrons. The SMILES string of the molecule is CS(=O)(=O)c1ccc(NC(=O)CNc2cccc(Br)c2)cc1. The van der Waals surface area contributed by atoms with Gasteiger partial charge in [0.05, 0.1) is 11.4 Å². The molecular weight excluding hydrogens is 368 g/mol. The molecule has 0 aromatic heterocycles. The Kier molecular flexibility index (Phi) is 5.20. The van der Waals surface area contributed by atoms with E-state index in [-0.39, 0.29) is 17.3 Å². The van der Waals surface area contributed by atoms with Crippen LogP contribution in [0.15, 0.2) is 57.9 Å². The molecule has 0 aliphatic carbocycles. The second-order valence-electron chi connectivity index (χ2n) is 4.71. The minimum atomic E-state index is -3.23. The van der Waals surface area contributed by atoms with Gasteiger partial charge in [0.25, 0.3) is 0 Å². The Morgan fingerprint density at radius 2 is 1.77 bits per heavy atom. The van der Waals surface area contributed by atoms with Crippen LogP contribution in [0.3, 0.4) is 0 Å². The fourth-order valence-electron chi connectivity index (χ4n) is 1.77. The summed E-state index contributed by atoms with van der Waals surface area (Å²) >= 11 is 3.36. The highest BCUT2D eigenvalue weighted by Gasteiger charge is 2.07. The van der Waals surface area contributed by atoms with Crippen LogP contribution in [0.1, 0.15) is 0 Å². The Bertz CT molecular complexity index is 774. The van der Waals surface area contributed by atoms with Gasteiger partial charge in [0, 0.05) is 22.1 Å². The molecular formula is C15H15BrN2O3S. The van der Waals surface area contributed by atoms with Gasteiger partial charge in [0.1, 0.15) is 0 Å². The molecule has 2 aromatic rings. The Hall–Kier alpha value is -1.86. The van der Waals surface area contributed by atoms with Crippen molar-refractivity contribution in [3.8, 4) is 0 Å². The molecule has 0 saturated heterocycles. The molecule has 0 saturated carbocycles. The Balaban J connectivity index is 1.92. The topological polar surface area (TPSA) is 75.3 Å². The number of anilines is 2. The highest BCUT2D eigenvalue weighted by molar-refractivity contribution is 9.10. The predicted molar refractivity (Wildman–Crippen MR) is 90.8 cm³/mol. The van der Waals surface area contributed by atoms with Crippen molar-refractivity contribution in [1.82, 2.24) is 0 Å². The standard InChI is InChI=1S/C15H15BrN2O3S/c1-22(20,21)14-7-5-12(6-8-14)18-15(19)10-17-13-4-2-3-11(16)9-13/h2-9,17H,10H2,1H3,(H,18,19). The first kappa shape index (κ1) is 16.5. The van der Waals surface area contributed by atoms with Crippen molar-refractivity contribution in [1.29, 1.82) is 0 Å². The third kappa shape index (κ3) is 4.85. The van der Waals surface area contributed by atoms with Gasteiger partial charge in [-0.2, -0.15) is 0 Å². The van der Waals surface area contributed by atoms with Gasteiger partial charge in [-0.05, 0) is 42.5 Å². The molecule has 0 heterocycles. The lowest BCUT2D eigenvalue weighted by atomic mass is 10.3. The maximum atomic E-state index is 11.8. The van der Waals surface area contributed by atoms with Crippen molar-refractivity contribution >= 4 is 43.0 Å². The summed E-state index contributed by atoms with van der Waals surface area (Å²) in [6, 6.07) is 13.6. The normalized spacial score (nSPS) is 11.0. The Morgan fingerprint density at radius 3 is 2.36 bits per heavy atom. The average Bonchev–Trinajstić information content (AvgIpc) is 2.45. The maximum absolute atomic E-state index is 11.8. The number of hydrogen-bond acceptors (Lipinski definition) is 4. The summed E-state index contributed by atoms with van der Waals surface area (Å²) < 4.78 is 23.6. The molecule has 1 amide bonds. The molecule has 0 spiro atoms. The first-order valence-electron chi connectivity index (χ1n) is 6.44. The van der Waals surface area contributed by atoms with E-state index in [4.69, 9.17) is 0 Å². The van der Waals surface area contributed by atoms with E-state index in [1.807, 2.05) is 24.3 Å². The lowest BCUT2D eigenvalue weighted by molar-refractivity contribution is -0.114. The van der Waals surface area contributed by atoms with Crippen molar-refractivity contribution in [3.63, 3.8) is 0 Å². The summed E-state index contributed by atoms with van der Waals surface area (Å²) in [4.78, 5) is 12.1. The quantitative estimate of drug-likeness (QED) is 0.833. The lowest BCUT2D eigenvalue weighted by Crippen LogP contribution is -2.21. The fourth-order valence-corrected chi connectivity index (χ4v) is 2.80. The van der Waals surface area contributed by atoms with Crippen molar-refractivity contribution in [2.24, 2.45) is 0 Å². The molecule has 22 heavy (non-hydrogen) atoms. The number of benzene rings is 2. The van der Waals surface area contributed by atoms with Gasteiger partial charge < -0.3 is 10.6 Å². The summed E-state index contributed by atoms with van der Waals surface area (Å²) in [7, 11) is -3.23. The Labute approximate surface area is 137 Å². The number of rotatable bonds is 5. The highest BCUT2D eigenvalue weighted by atomic mass is 79.9. The van der Waals surface area contributed by atoms with Crippen LogP contribution in [0, 0.1) is 0 Å². The summed E-state index contributed by atoms with van der Waals surface area (Å²) in [5.74, 6) is -0.216. The zero-order valence-electron chi connectivity index (χ0n) is 11.8. The number of amides is 1. The van der Waals surface area contributed by atoms with Crippen LogP contribution in [0.2, 0.25) is 0 Å². The van der Waals surface area contributed by atoms with E-state index >= 15 is 0 Å². The monoisotopic (exact) mass is 382 g/mol. The van der Waals surface area contributed by atoms with E-state index in [0.717, 1.165) is 16.4 Å². The van der Waals surface area contributed by atoms with E-state index in [0.29, 0.717) is 5.69 Å². The van der Waals surface area contributed by atoms with Crippen LogP contribution in [0.4, 0.5) is 11.4 Å². The van der Waals surface area contributed by atoms with Crippen LogP contribution in [0.5, 0.6) is 0 Å². The van der Waals surface area contributed by atoms with Gasteiger partial charge in [-0.1, -0.05) is 22.0 Å². The van der Waals surface area contributed by atoms with Gasteiger partial charge >= 0.3 is 0 Å². The molecule has 0 radical (unpaired) electrons. The number of nitrogens with one attached hydrogen (secondary N) is 2. The minimum Gasteiger partial charge on any atom is -0.376 e. The number of hydrogen-bond donors (Lipinski definition) is 2. The lowest BCUT2D eigenvalue weighted by Gasteiger charge is -2.08. The summed E-state index contributed by atoms with van der Waals surface area (Å²) in [6.45, 7) is 0.115. The van der Waals surface area contributed by atoms with Crippen molar-refractivity contribution in [2.75, 3.05) is 23.4 Å². The largest absolute Gasteiger partial charge is 0.376 e. The molecule has 7 heteroatoms. The van der Waals surface area contributed by atoms with E-state index in [1.165, 1.54) is 12.1 Å². The van der Waals surface area contributed by atoms with Crippen molar-refractivity contribution < 1.29 is 13.2 Å². The zero-order valence-corrected chi connectivity index (χ0v) is 14.2. The number of halogens is 1. The van der Waals surface area contributed by atoms with Crippen molar-refractivity contribution in [2.45, 2.75) is 4.90 Å². The number of carbonyl (C=O) groups is 1. The third-order valence-corrected chi connectivity index (χ3v) is 4.47. The summed E-state index contributed by atoms with van der Waals surface area (Å²) in [6.07, 6.45) is 1.14. The molecule has 0 bridgehead atoms. The van der Waals surface area contributed by atoms with Crippen LogP contribution < -0.4 is 10.6 Å². The summed E-state index contributed by atoms with van der Waals surface area (Å²) in [5, 5.41) is 5.70. The molecule has 2 aromatic carbocycles. The van der Waals surface area contributed by atoms with Crippen molar-refractivity contribution in [3.05, 3.63) is 53.0 Å². The van der Waals surface area contributed by atoms with Crippen LogP contribution in [0.25, 0.3) is 0 Å². The molecule has 0 aliphatic rings. The molecule has 5 nitrogen and oxygen atoms in total. The second kappa shape index (κ2) is 6.93. The number of sulfone groups is 1. The van der Waals surface area contributed by atoms with Gasteiger partial charge in [0.2, 0.25) is 5.91 Å². The molecule has 2 N–H and O–H groups in total. The average molecular weight is 383 g/mol. The molecule has 0 atom stereocenters. The maximum Gasteiger partial charge on any atom is 0.243 e. The smallest absolute Gasteiger partial charge is 0.243 e. The van der Waals surface area contributed by atoms with E-state index in [2.05, 4.69) is 26.6 Å². The van der Waals surface area contributed by atoms with Gasteiger partial charge in [0.15, 0.2) is 9.84 Å². The van der Waals surface area contributed by atoms with E-state index < -0.39 is 9.84 Å². The fraction of sp³-hybridized carbons (Fsp3) is 0.133. The molecule has 0 unspecified atom stereocenters. The van der Waals surface area contributed by atoms with Gasteiger partial charge in [-0.3, -0.25) is 4.79 Å². The summed E-state index contributed by atoms with van der Waals surface area (Å²) in [5.41, 5.74) is 1.38. The van der Waals surface area contributed by atoms with E-state index in [9.17, 15) is 13.2 Å². The zero-order chi connectivity index (χ0) is 16.2. The first-order chi connectivity index (χ1) is 10.3. The highest BCUT2D eigenvalue weighted by Crippen LogP contribution is 2.16. The number of carbonyl (C=O) groups excluding carboxylic acids is 1. The third-order valence-electron chi connectivity index (χ3n) is 2.84. The Morgan fingerprint density at radius 1 is 1.09 bits per heavy atom. The van der Waals surface area contributed by atoms with Gasteiger partial charge in [-0.25, -0.2) is 8.42 Å². The van der Waals surface area contributed by atoms with Crippen LogP contribution >= 0.6 is 15.9 Å². The van der Waals surface area contributed by atoms with Crippen LogP contribution in [-0.4, -0.2) is 27.1 Å². The van der Waals surface area contributed by atoms with Crippen LogP contribution in [-0.2, 0) is 14.6 Å².